The van der Waals surface area contributed by atoms with E-state index in [9.17, 15) is 14.4 Å². The van der Waals surface area contributed by atoms with Crippen LogP contribution in [0.1, 0.15) is 45.2 Å². The number of aliphatic hydroxyl groups is 1. The van der Waals surface area contributed by atoms with E-state index in [1.807, 2.05) is 0 Å². The van der Waals surface area contributed by atoms with E-state index >= 15 is 0 Å². The molecule has 2 aromatic rings. The predicted octanol–water partition coefficient (Wildman–Crippen LogP) is 0.949. The van der Waals surface area contributed by atoms with Crippen molar-refractivity contribution in [3.05, 3.63) is 47.5 Å². The maximum absolute atomic E-state index is 12.4. The molecule has 138 valence electrons. The van der Waals surface area contributed by atoms with Gasteiger partial charge in [0.05, 0.1) is 25.1 Å². The quantitative estimate of drug-likeness (QED) is 0.543. The summed E-state index contributed by atoms with van der Waals surface area (Å²) in [5.41, 5.74) is 0.705. The average Bonchev–Trinajstić information content (AvgIpc) is 3.12. The van der Waals surface area contributed by atoms with Crippen molar-refractivity contribution in [3.63, 3.8) is 0 Å². The van der Waals surface area contributed by atoms with Gasteiger partial charge in [0.25, 0.3) is 11.8 Å². The second-order valence-electron chi connectivity index (χ2n) is 5.44. The molecule has 1 aromatic carbocycles. The lowest BCUT2D eigenvalue weighted by atomic mass is 10.2. The van der Waals surface area contributed by atoms with Gasteiger partial charge in [0.1, 0.15) is 5.69 Å². The summed E-state index contributed by atoms with van der Waals surface area (Å²) >= 11 is 0. The van der Waals surface area contributed by atoms with Gasteiger partial charge in [-0.1, -0.05) is 0 Å². The standard InChI is InChI=1S/C17H20N4O5/c1-3-26-17(25)11-4-6-12(7-5-11)21-16(24)14-13(18-9-19-14)15(23)20-10(2)8-22/h4-7,9-10,22H,3,8H2,1-2H3,(H,18,19)(H,20,23)(H,21,24)/t10-/m0/s1. The Kier molecular flexibility index (Phi) is 6.45. The third-order valence-corrected chi connectivity index (χ3v) is 3.39. The Hall–Kier alpha value is -3.20. The maximum atomic E-state index is 12.4. The second kappa shape index (κ2) is 8.77. The SMILES string of the molecule is CCOC(=O)c1ccc(NC(=O)c2nc[nH]c2C(=O)N[C@@H](C)CO)cc1. The van der Waals surface area contributed by atoms with Crippen LogP contribution >= 0.6 is 0 Å². The van der Waals surface area contributed by atoms with Gasteiger partial charge in [-0.15, -0.1) is 0 Å². The molecule has 0 unspecified atom stereocenters. The Morgan fingerprint density at radius 3 is 2.54 bits per heavy atom. The van der Waals surface area contributed by atoms with Crippen LogP contribution in [0.15, 0.2) is 30.6 Å². The molecule has 0 aliphatic carbocycles. The van der Waals surface area contributed by atoms with Crippen molar-refractivity contribution >= 4 is 23.5 Å². The van der Waals surface area contributed by atoms with Gasteiger partial charge >= 0.3 is 5.97 Å². The topological polar surface area (TPSA) is 133 Å². The third-order valence-electron chi connectivity index (χ3n) is 3.39. The van der Waals surface area contributed by atoms with Crippen molar-refractivity contribution in [1.29, 1.82) is 0 Å². The van der Waals surface area contributed by atoms with E-state index in [2.05, 4.69) is 20.6 Å². The molecule has 0 radical (unpaired) electrons. The van der Waals surface area contributed by atoms with Crippen LogP contribution in [0.3, 0.4) is 0 Å². The van der Waals surface area contributed by atoms with Crippen LogP contribution in [0.25, 0.3) is 0 Å². The predicted molar refractivity (Wildman–Crippen MR) is 93.0 cm³/mol. The molecule has 0 bridgehead atoms. The number of hydrogen-bond donors (Lipinski definition) is 4. The molecule has 26 heavy (non-hydrogen) atoms. The minimum absolute atomic E-state index is 0.00839. The molecule has 0 saturated heterocycles. The molecular formula is C17H20N4O5. The molecule has 0 spiro atoms. The van der Waals surface area contributed by atoms with Crippen LogP contribution in [-0.2, 0) is 4.74 Å². The molecule has 0 aliphatic rings. The zero-order chi connectivity index (χ0) is 19.1. The summed E-state index contributed by atoms with van der Waals surface area (Å²) < 4.78 is 4.89. The molecule has 9 heteroatoms. The first-order valence-corrected chi connectivity index (χ1v) is 7.99. The molecule has 2 rings (SSSR count). The number of carbonyl (C=O) groups excluding carboxylic acids is 3. The first kappa shape index (κ1) is 19.1. The lowest BCUT2D eigenvalue weighted by Gasteiger charge is -2.10. The van der Waals surface area contributed by atoms with Crippen LogP contribution in [0, 0.1) is 0 Å². The number of anilines is 1. The zero-order valence-electron chi connectivity index (χ0n) is 14.4. The fraction of sp³-hybridized carbons (Fsp3) is 0.294. The number of rotatable bonds is 7. The van der Waals surface area contributed by atoms with Crippen LogP contribution in [0.4, 0.5) is 5.69 Å². The molecule has 9 nitrogen and oxygen atoms in total. The molecular weight excluding hydrogens is 340 g/mol. The van der Waals surface area contributed by atoms with E-state index in [1.165, 1.54) is 18.5 Å². The maximum Gasteiger partial charge on any atom is 0.338 e. The minimum atomic E-state index is -0.586. The first-order valence-electron chi connectivity index (χ1n) is 7.99. The van der Waals surface area contributed by atoms with Crippen molar-refractivity contribution in [2.24, 2.45) is 0 Å². The summed E-state index contributed by atoms with van der Waals surface area (Å²) in [4.78, 5) is 42.6. The van der Waals surface area contributed by atoms with Crippen LogP contribution in [0.5, 0.6) is 0 Å². The Balaban J connectivity index is 2.08. The fourth-order valence-corrected chi connectivity index (χ4v) is 2.08. The fourth-order valence-electron chi connectivity index (χ4n) is 2.08. The molecule has 1 aromatic heterocycles. The summed E-state index contributed by atoms with van der Waals surface area (Å²) in [6.45, 7) is 3.38. The van der Waals surface area contributed by atoms with E-state index < -0.39 is 23.8 Å². The molecule has 1 heterocycles. The lowest BCUT2D eigenvalue weighted by Crippen LogP contribution is -2.36. The highest BCUT2D eigenvalue weighted by Crippen LogP contribution is 2.13. The number of aliphatic hydroxyl groups excluding tert-OH is 1. The molecule has 2 amide bonds. The number of hydrogen-bond acceptors (Lipinski definition) is 6. The molecule has 0 saturated carbocycles. The minimum Gasteiger partial charge on any atom is -0.462 e. The monoisotopic (exact) mass is 360 g/mol. The van der Waals surface area contributed by atoms with E-state index in [-0.39, 0.29) is 24.6 Å². The van der Waals surface area contributed by atoms with Gasteiger partial charge in [-0.3, -0.25) is 9.59 Å². The average molecular weight is 360 g/mol. The summed E-state index contributed by atoms with van der Waals surface area (Å²) in [7, 11) is 0. The lowest BCUT2D eigenvalue weighted by molar-refractivity contribution is 0.0526. The highest BCUT2D eigenvalue weighted by atomic mass is 16.5. The van der Waals surface area contributed by atoms with E-state index in [1.54, 1.807) is 26.0 Å². The van der Waals surface area contributed by atoms with Gasteiger partial charge in [0.2, 0.25) is 0 Å². The van der Waals surface area contributed by atoms with Crippen LogP contribution in [-0.4, -0.2) is 52.1 Å². The normalized spacial score (nSPS) is 11.5. The van der Waals surface area contributed by atoms with Crippen molar-refractivity contribution in [2.45, 2.75) is 19.9 Å². The number of esters is 1. The highest BCUT2D eigenvalue weighted by Gasteiger charge is 2.21. The zero-order valence-corrected chi connectivity index (χ0v) is 14.4. The number of H-pyrrole nitrogens is 1. The second-order valence-corrected chi connectivity index (χ2v) is 5.44. The number of ether oxygens (including phenoxy) is 1. The van der Waals surface area contributed by atoms with Gasteiger partial charge in [0, 0.05) is 11.7 Å². The Morgan fingerprint density at radius 2 is 1.92 bits per heavy atom. The number of benzene rings is 1. The van der Waals surface area contributed by atoms with Gasteiger partial charge in [-0.25, -0.2) is 9.78 Å². The van der Waals surface area contributed by atoms with Crippen LogP contribution in [0.2, 0.25) is 0 Å². The molecule has 0 aliphatic heterocycles. The summed E-state index contributed by atoms with van der Waals surface area (Å²) in [5.74, 6) is -1.58. The van der Waals surface area contributed by atoms with E-state index in [0.717, 1.165) is 0 Å². The van der Waals surface area contributed by atoms with Crippen molar-refractivity contribution in [3.8, 4) is 0 Å². The largest absolute Gasteiger partial charge is 0.462 e. The first-order chi connectivity index (χ1) is 12.5. The molecule has 1 atom stereocenters. The Morgan fingerprint density at radius 1 is 1.23 bits per heavy atom. The van der Waals surface area contributed by atoms with Gasteiger partial charge in [-0.2, -0.15) is 0 Å². The number of nitrogens with zero attached hydrogens (tertiary/aromatic N) is 1. The van der Waals surface area contributed by atoms with Crippen molar-refractivity contribution in [2.75, 3.05) is 18.5 Å². The van der Waals surface area contributed by atoms with Gasteiger partial charge in [0.15, 0.2) is 5.69 Å². The number of nitrogens with one attached hydrogen (secondary N) is 3. The Bertz CT molecular complexity index is 785. The van der Waals surface area contributed by atoms with Crippen molar-refractivity contribution < 1.29 is 24.2 Å². The Labute approximate surface area is 149 Å². The highest BCUT2D eigenvalue weighted by molar-refractivity contribution is 6.10. The number of aromatic amines is 1. The van der Waals surface area contributed by atoms with Gasteiger partial charge < -0.3 is 25.5 Å². The molecule has 4 N–H and O–H groups in total. The summed E-state index contributed by atoms with van der Waals surface area (Å²) in [5, 5.41) is 14.1. The van der Waals surface area contributed by atoms with Crippen molar-refractivity contribution in [1.82, 2.24) is 15.3 Å². The number of aromatic nitrogens is 2. The van der Waals surface area contributed by atoms with E-state index in [4.69, 9.17) is 9.84 Å². The third kappa shape index (κ3) is 4.67. The molecule has 0 fully saturated rings. The van der Waals surface area contributed by atoms with E-state index in [0.29, 0.717) is 11.3 Å². The van der Waals surface area contributed by atoms with Gasteiger partial charge in [-0.05, 0) is 38.1 Å². The summed E-state index contributed by atoms with van der Waals surface area (Å²) in [6.07, 6.45) is 1.23. The number of amides is 2. The van der Waals surface area contributed by atoms with Crippen LogP contribution < -0.4 is 10.6 Å². The summed E-state index contributed by atoms with van der Waals surface area (Å²) in [6, 6.07) is 5.68. The smallest absolute Gasteiger partial charge is 0.338 e. The number of carbonyl (C=O) groups is 3. The number of imidazole rings is 1.